The molecule has 108 valence electrons. The molecule has 6 heteroatoms. The molecular weight excluding hydrogens is 252 g/mol. The van der Waals surface area contributed by atoms with E-state index < -0.39 is 0 Å². The van der Waals surface area contributed by atoms with Gasteiger partial charge in [-0.1, -0.05) is 19.8 Å². The molecule has 0 N–H and O–H groups in total. The van der Waals surface area contributed by atoms with Crippen LogP contribution in [-0.4, -0.2) is 38.3 Å². The molecule has 1 saturated carbocycles. The Labute approximate surface area is 119 Å². The maximum Gasteiger partial charge on any atom is 0.200 e. The van der Waals surface area contributed by atoms with Gasteiger partial charge in [-0.05, 0) is 54.2 Å². The zero-order chi connectivity index (χ0) is 13.9. The first-order valence-corrected chi connectivity index (χ1v) is 7.56. The molecule has 20 heavy (non-hydrogen) atoms. The van der Waals surface area contributed by atoms with Crippen molar-refractivity contribution < 1.29 is 0 Å². The van der Waals surface area contributed by atoms with Crippen molar-refractivity contribution in [2.24, 2.45) is 5.92 Å². The van der Waals surface area contributed by atoms with Gasteiger partial charge in [-0.2, -0.15) is 0 Å². The van der Waals surface area contributed by atoms with Crippen LogP contribution in [0.4, 0.5) is 5.82 Å². The van der Waals surface area contributed by atoms with E-state index in [2.05, 4.69) is 39.5 Å². The summed E-state index contributed by atoms with van der Waals surface area (Å²) in [5.74, 6) is 1.88. The number of hydrogen-bond donors (Lipinski definition) is 0. The minimum Gasteiger partial charge on any atom is -0.355 e. The number of rotatable bonds is 4. The van der Waals surface area contributed by atoms with Gasteiger partial charge in [0, 0.05) is 13.1 Å². The van der Waals surface area contributed by atoms with Crippen LogP contribution in [0.25, 0.3) is 5.65 Å². The number of fused-ring (bicyclic) bond motifs is 1. The van der Waals surface area contributed by atoms with Crippen molar-refractivity contribution in [3.8, 4) is 0 Å². The van der Waals surface area contributed by atoms with E-state index in [9.17, 15) is 0 Å². The van der Waals surface area contributed by atoms with Crippen LogP contribution in [0, 0.1) is 5.92 Å². The lowest BCUT2D eigenvalue weighted by Crippen LogP contribution is -2.36. The number of hydrogen-bond acceptors (Lipinski definition) is 5. The van der Waals surface area contributed by atoms with Gasteiger partial charge >= 0.3 is 0 Å². The van der Waals surface area contributed by atoms with Crippen molar-refractivity contribution in [3.63, 3.8) is 0 Å². The maximum absolute atomic E-state index is 4.47. The summed E-state index contributed by atoms with van der Waals surface area (Å²) >= 11 is 0. The first-order chi connectivity index (χ1) is 9.78. The predicted octanol–water partition coefficient (Wildman–Crippen LogP) is 2.31. The molecule has 1 aliphatic rings. The summed E-state index contributed by atoms with van der Waals surface area (Å²) < 4.78 is 1.49. The van der Waals surface area contributed by atoms with Crippen molar-refractivity contribution in [3.05, 3.63) is 12.1 Å². The van der Waals surface area contributed by atoms with E-state index in [1.807, 2.05) is 12.1 Å². The molecule has 0 aromatic carbocycles. The lowest BCUT2D eigenvalue weighted by Gasteiger charge is -2.35. The second kappa shape index (κ2) is 5.73. The number of anilines is 1. The highest BCUT2D eigenvalue weighted by Gasteiger charge is 2.24. The molecule has 2 aromatic heterocycles. The minimum absolute atomic E-state index is 0.588. The average molecular weight is 274 g/mol. The Bertz CT molecular complexity index is 558. The van der Waals surface area contributed by atoms with Crippen LogP contribution in [-0.2, 0) is 0 Å². The van der Waals surface area contributed by atoms with Crippen LogP contribution in [0.2, 0.25) is 0 Å². The Kier molecular flexibility index (Phi) is 3.80. The van der Waals surface area contributed by atoms with Gasteiger partial charge in [-0.25, -0.2) is 0 Å². The van der Waals surface area contributed by atoms with Gasteiger partial charge in [0.1, 0.15) is 0 Å². The van der Waals surface area contributed by atoms with Gasteiger partial charge in [-0.3, -0.25) is 0 Å². The molecule has 0 radical (unpaired) electrons. The van der Waals surface area contributed by atoms with Gasteiger partial charge in [0.05, 0.1) is 0 Å². The van der Waals surface area contributed by atoms with E-state index in [-0.39, 0.29) is 0 Å². The highest BCUT2D eigenvalue weighted by molar-refractivity contribution is 5.44. The fourth-order valence-electron chi connectivity index (χ4n) is 3.24. The summed E-state index contributed by atoms with van der Waals surface area (Å²) in [7, 11) is 2.13. The zero-order valence-corrected chi connectivity index (χ0v) is 12.2. The molecule has 3 rings (SSSR count). The van der Waals surface area contributed by atoms with Gasteiger partial charge in [0.25, 0.3) is 0 Å². The Hall–Kier alpha value is -1.72. The molecular formula is C14H22N6. The number of nitrogens with zero attached hydrogens (tertiary/aromatic N) is 6. The summed E-state index contributed by atoms with van der Waals surface area (Å²) in [6.07, 6.45) is 7.90. The molecule has 0 atom stereocenters. The fourth-order valence-corrected chi connectivity index (χ4v) is 3.24. The molecule has 0 spiro atoms. The van der Waals surface area contributed by atoms with E-state index in [4.69, 9.17) is 0 Å². The molecule has 0 bridgehead atoms. The molecule has 0 amide bonds. The van der Waals surface area contributed by atoms with Crippen molar-refractivity contribution in [2.75, 3.05) is 11.9 Å². The average Bonchev–Trinajstić information content (AvgIpc) is 2.95. The van der Waals surface area contributed by atoms with Crippen LogP contribution in [0.15, 0.2) is 12.1 Å². The molecule has 2 heterocycles. The van der Waals surface area contributed by atoms with Gasteiger partial charge in [-0.15, -0.1) is 14.8 Å². The Morgan fingerprint density at radius 1 is 1.25 bits per heavy atom. The maximum atomic E-state index is 4.47. The van der Waals surface area contributed by atoms with E-state index in [0.717, 1.165) is 11.7 Å². The Morgan fingerprint density at radius 3 is 2.80 bits per heavy atom. The summed E-state index contributed by atoms with van der Waals surface area (Å²) in [6, 6.07) is 4.51. The normalized spacial score (nSPS) is 23.1. The molecule has 0 unspecified atom stereocenters. The Balaban J connectivity index is 1.68. The summed E-state index contributed by atoms with van der Waals surface area (Å²) in [6.45, 7) is 2.28. The van der Waals surface area contributed by atoms with E-state index >= 15 is 0 Å². The molecule has 2 aromatic rings. The highest BCUT2D eigenvalue weighted by Crippen LogP contribution is 2.31. The van der Waals surface area contributed by atoms with Crippen LogP contribution >= 0.6 is 0 Å². The van der Waals surface area contributed by atoms with Crippen molar-refractivity contribution in [1.29, 1.82) is 0 Å². The van der Waals surface area contributed by atoms with E-state index in [1.165, 1.54) is 43.2 Å². The summed E-state index contributed by atoms with van der Waals surface area (Å²) in [4.78, 5) is 2.28. The third kappa shape index (κ3) is 2.59. The highest BCUT2D eigenvalue weighted by atomic mass is 15.6. The second-order valence-corrected chi connectivity index (χ2v) is 5.79. The van der Waals surface area contributed by atoms with E-state index in [1.54, 1.807) is 0 Å². The topological polar surface area (TPSA) is 59.2 Å². The zero-order valence-electron chi connectivity index (χ0n) is 12.2. The molecule has 0 aliphatic heterocycles. The molecule has 0 saturated heterocycles. The SMILES string of the molecule is CCCC1CCC(N(C)c2ccc3nnnn3n2)CC1. The van der Waals surface area contributed by atoms with Crippen molar-refractivity contribution >= 4 is 11.5 Å². The third-order valence-corrected chi connectivity index (χ3v) is 4.48. The third-order valence-electron chi connectivity index (χ3n) is 4.48. The lowest BCUT2D eigenvalue weighted by molar-refractivity contribution is 0.303. The lowest BCUT2D eigenvalue weighted by atomic mass is 9.83. The number of aromatic nitrogens is 5. The van der Waals surface area contributed by atoms with Gasteiger partial charge in [0.2, 0.25) is 0 Å². The molecule has 6 nitrogen and oxygen atoms in total. The quantitative estimate of drug-likeness (QED) is 0.856. The van der Waals surface area contributed by atoms with Crippen LogP contribution in [0.1, 0.15) is 45.4 Å². The van der Waals surface area contributed by atoms with Crippen molar-refractivity contribution in [2.45, 2.75) is 51.5 Å². The number of tetrazole rings is 1. The monoisotopic (exact) mass is 274 g/mol. The van der Waals surface area contributed by atoms with Crippen LogP contribution in [0.3, 0.4) is 0 Å². The summed E-state index contributed by atoms with van der Waals surface area (Å²) in [5, 5.41) is 15.8. The fraction of sp³-hybridized carbons (Fsp3) is 0.714. The standard InChI is InChI=1S/C14H22N6/c1-3-4-11-5-7-12(8-6-11)19(2)14-10-9-13-15-17-18-20(13)16-14/h9-12H,3-8H2,1-2H3. The first-order valence-electron chi connectivity index (χ1n) is 7.56. The van der Waals surface area contributed by atoms with Crippen LogP contribution < -0.4 is 4.90 Å². The van der Waals surface area contributed by atoms with Crippen LogP contribution in [0.5, 0.6) is 0 Å². The second-order valence-electron chi connectivity index (χ2n) is 5.79. The largest absolute Gasteiger partial charge is 0.355 e. The van der Waals surface area contributed by atoms with E-state index in [0.29, 0.717) is 11.7 Å². The Morgan fingerprint density at radius 2 is 2.05 bits per heavy atom. The first kappa shape index (κ1) is 13.3. The summed E-state index contributed by atoms with van der Waals surface area (Å²) in [5.41, 5.74) is 0.689. The minimum atomic E-state index is 0.588. The smallest absolute Gasteiger partial charge is 0.200 e. The predicted molar refractivity (Wildman–Crippen MR) is 77.6 cm³/mol. The van der Waals surface area contributed by atoms with Crippen molar-refractivity contribution in [1.82, 2.24) is 25.3 Å². The van der Waals surface area contributed by atoms with Gasteiger partial charge < -0.3 is 4.90 Å². The molecule has 1 fully saturated rings. The van der Waals surface area contributed by atoms with Gasteiger partial charge in [0.15, 0.2) is 11.5 Å². The molecule has 1 aliphatic carbocycles.